The molecule has 8 rings (SSSR count). The lowest BCUT2D eigenvalue weighted by Crippen LogP contribution is -2.43. The molecule has 4 N–H and O–H groups in total. The summed E-state index contributed by atoms with van der Waals surface area (Å²) in [7, 11) is 0. The molecule has 0 aliphatic carbocycles. The van der Waals surface area contributed by atoms with Crippen LogP contribution in [0.2, 0.25) is 5.28 Å². The molecule has 270 valence electrons. The van der Waals surface area contributed by atoms with Gasteiger partial charge in [-0.3, -0.25) is 4.90 Å². The van der Waals surface area contributed by atoms with Crippen molar-refractivity contribution in [1.29, 1.82) is 5.26 Å². The number of anilines is 2. The molecule has 3 aliphatic heterocycles. The van der Waals surface area contributed by atoms with Gasteiger partial charge in [-0.05, 0) is 62.9 Å². The fourth-order valence-electron chi connectivity index (χ4n) is 8.10. The van der Waals surface area contributed by atoms with Crippen LogP contribution in [-0.4, -0.2) is 95.7 Å². The summed E-state index contributed by atoms with van der Waals surface area (Å²) in [5.74, 6) is -1.80. The zero-order chi connectivity index (χ0) is 36.6. The summed E-state index contributed by atoms with van der Waals surface area (Å²) in [5.41, 5.74) is 5.35. The fourth-order valence-corrected chi connectivity index (χ4v) is 9.18. The molecule has 13 nitrogen and oxygen atoms in total. The first kappa shape index (κ1) is 34.2. The number of hydrogen-bond acceptors (Lipinski definition) is 12. The second kappa shape index (κ2) is 12.6. The number of fused-ring (bicyclic) bond motifs is 3. The molecule has 1 amide bonds. The second-order valence-electron chi connectivity index (χ2n) is 13.6. The van der Waals surface area contributed by atoms with E-state index in [0.29, 0.717) is 19.5 Å². The number of aromatic hydroxyl groups is 1. The third kappa shape index (κ3) is 5.34. The highest BCUT2D eigenvalue weighted by Crippen LogP contribution is 2.48. The van der Waals surface area contributed by atoms with Crippen LogP contribution in [0.4, 0.5) is 28.8 Å². The third-order valence-electron chi connectivity index (χ3n) is 10.7. The van der Waals surface area contributed by atoms with Crippen LogP contribution in [0.3, 0.4) is 0 Å². The number of hydrogen-bond donors (Lipinski definition) is 3. The summed E-state index contributed by atoms with van der Waals surface area (Å²) in [5, 5.41) is 29.0. The number of likely N-dealkylation sites (tertiary alicyclic amines) is 1. The molecular formula is C34H32ClF3N10O3S. The number of phenols is 1. The number of nitrogens with one attached hydrogen (secondary N) is 1. The van der Waals surface area contributed by atoms with E-state index in [2.05, 4.69) is 30.3 Å². The molecule has 18 heteroatoms. The highest BCUT2D eigenvalue weighted by Gasteiger charge is 2.49. The van der Waals surface area contributed by atoms with E-state index in [1.165, 1.54) is 19.3 Å². The summed E-state index contributed by atoms with van der Waals surface area (Å²) < 4.78 is 54.0. The average molecular weight is 753 g/mol. The second-order valence-corrected chi connectivity index (χ2v) is 15.0. The minimum Gasteiger partial charge on any atom is -0.507 e. The van der Waals surface area contributed by atoms with Gasteiger partial charge < -0.3 is 25.8 Å². The van der Waals surface area contributed by atoms with Crippen LogP contribution in [0.15, 0.2) is 18.5 Å². The van der Waals surface area contributed by atoms with Crippen molar-refractivity contribution in [2.45, 2.75) is 63.3 Å². The topological polar surface area (TPSA) is 171 Å². The van der Waals surface area contributed by atoms with Gasteiger partial charge in [-0.1, -0.05) is 6.07 Å². The number of thiophene rings is 1. The van der Waals surface area contributed by atoms with Crippen molar-refractivity contribution in [3.63, 3.8) is 0 Å². The van der Waals surface area contributed by atoms with Crippen LogP contribution >= 0.6 is 22.9 Å². The lowest BCUT2D eigenvalue weighted by atomic mass is 9.92. The SMILES string of the molecule is Cc1c(-c2ccc(F)c3sc(N)c(C#N)c23)c(F)c2nc(OC[C@@]34CCCN3C[C@H](F)C4)nc(N[C@@H]3CCN(C(=O)n4cnc(Cl)n4)[C@@H]3C)c2c1O. The highest BCUT2D eigenvalue weighted by atomic mass is 35.5. The lowest BCUT2D eigenvalue weighted by Gasteiger charge is -2.31. The number of carbonyl (C=O) groups is 1. The Balaban J connectivity index is 1.24. The van der Waals surface area contributed by atoms with Crippen LogP contribution in [0, 0.1) is 29.9 Å². The van der Waals surface area contributed by atoms with Gasteiger partial charge in [0.05, 0.1) is 27.2 Å². The van der Waals surface area contributed by atoms with Crippen LogP contribution in [0.1, 0.15) is 43.7 Å². The summed E-state index contributed by atoms with van der Waals surface area (Å²) in [6.45, 7) is 4.76. The van der Waals surface area contributed by atoms with Gasteiger partial charge in [0.1, 0.15) is 53.1 Å². The first-order chi connectivity index (χ1) is 24.9. The van der Waals surface area contributed by atoms with Crippen molar-refractivity contribution >= 4 is 60.8 Å². The van der Waals surface area contributed by atoms with Gasteiger partial charge in [-0.2, -0.15) is 19.9 Å². The minimum atomic E-state index is -1.00. The summed E-state index contributed by atoms with van der Waals surface area (Å²) in [6.07, 6.45) is 2.56. The van der Waals surface area contributed by atoms with Crippen molar-refractivity contribution in [3.05, 3.63) is 46.5 Å². The van der Waals surface area contributed by atoms with E-state index in [0.717, 1.165) is 41.5 Å². The fraction of sp³-hybridized carbons (Fsp3) is 0.412. The molecule has 5 aromatic rings. The van der Waals surface area contributed by atoms with Crippen molar-refractivity contribution in [3.8, 4) is 29.0 Å². The summed E-state index contributed by atoms with van der Waals surface area (Å²) in [4.78, 5) is 29.8. The monoisotopic (exact) mass is 752 g/mol. The highest BCUT2D eigenvalue weighted by molar-refractivity contribution is 7.23. The zero-order valence-corrected chi connectivity index (χ0v) is 29.5. The Hall–Kier alpha value is -4.92. The average Bonchev–Trinajstić information content (AvgIpc) is 3.93. The van der Waals surface area contributed by atoms with Crippen LogP contribution in [0.25, 0.3) is 32.1 Å². The van der Waals surface area contributed by atoms with Gasteiger partial charge in [0.15, 0.2) is 5.82 Å². The number of rotatable bonds is 6. The van der Waals surface area contributed by atoms with Crippen LogP contribution in [-0.2, 0) is 0 Å². The number of halogens is 4. The minimum absolute atomic E-state index is 0.00690. The first-order valence-corrected chi connectivity index (χ1v) is 17.9. The standard InChI is InChI=1S/C34H32ClF3N10O3S/c1-15-22(18-4-5-20(37)28-23(18)19(11-39)29(40)52-28)25(38)26-24(27(15)49)30(42-21-6-9-47(16(21)2)33(50)48-14-41-31(35)45-48)44-32(43-26)51-13-34-7-3-8-46(34)12-17(36)10-34/h4-5,14,16-17,21,49H,3,6-10,12-13,40H2,1-2H3,(H,42,43,44)/t16-,17-,21-,34+/m1/s1. The molecule has 0 saturated carbocycles. The predicted octanol–water partition coefficient (Wildman–Crippen LogP) is 6.00. The molecule has 2 aromatic carbocycles. The van der Waals surface area contributed by atoms with E-state index in [1.54, 1.807) is 4.90 Å². The van der Waals surface area contributed by atoms with Crippen LogP contribution in [0.5, 0.6) is 11.8 Å². The molecule has 3 fully saturated rings. The number of ether oxygens (including phenoxy) is 1. The van der Waals surface area contributed by atoms with Crippen molar-refractivity contribution < 1.29 is 27.8 Å². The number of nitrogen functional groups attached to an aromatic ring is 1. The van der Waals surface area contributed by atoms with Crippen molar-refractivity contribution in [2.24, 2.45) is 0 Å². The Morgan fingerprint density at radius 3 is 2.85 bits per heavy atom. The Morgan fingerprint density at radius 1 is 1.29 bits per heavy atom. The maximum absolute atomic E-state index is 17.2. The largest absolute Gasteiger partial charge is 0.507 e. The Kier molecular flexibility index (Phi) is 8.31. The number of nitrogens with zero attached hydrogens (tertiary/aromatic N) is 8. The maximum Gasteiger partial charge on any atom is 0.346 e. The molecule has 0 bridgehead atoms. The summed E-state index contributed by atoms with van der Waals surface area (Å²) in [6, 6.07) is 3.00. The lowest BCUT2D eigenvalue weighted by molar-refractivity contribution is 0.107. The van der Waals surface area contributed by atoms with Gasteiger partial charge in [0.25, 0.3) is 0 Å². The molecular weight excluding hydrogens is 721 g/mol. The van der Waals surface area contributed by atoms with Crippen molar-refractivity contribution in [1.82, 2.24) is 34.5 Å². The Morgan fingerprint density at radius 2 is 2.10 bits per heavy atom. The first-order valence-electron chi connectivity index (χ1n) is 16.7. The number of benzene rings is 2. The van der Waals surface area contributed by atoms with Crippen LogP contribution < -0.4 is 15.8 Å². The molecule has 3 saturated heterocycles. The van der Waals surface area contributed by atoms with E-state index in [-0.39, 0.29) is 84.1 Å². The zero-order valence-electron chi connectivity index (χ0n) is 28.0. The van der Waals surface area contributed by atoms with E-state index in [9.17, 15) is 23.9 Å². The number of nitriles is 1. The van der Waals surface area contributed by atoms with E-state index >= 15 is 4.39 Å². The van der Waals surface area contributed by atoms with E-state index < -0.39 is 41.5 Å². The Labute approximate surface area is 303 Å². The number of amides is 1. The molecule has 52 heavy (non-hydrogen) atoms. The number of nitrogens with two attached hydrogens (primary N) is 1. The van der Waals surface area contributed by atoms with Gasteiger partial charge in [-0.25, -0.2) is 22.9 Å². The Bertz CT molecular complexity index is 2330. The van der Waals surface area contributed by atoms with Gasteiger partial charge in [0, 0.05) is 42.1 Å². The molecule has 0 unspecified atom stereocenters. The quantitative estimate of drug-likeness (QED) is 0.186. The smallest absolute Gasteiger partial charge is 0.346 e. The van der Waals surface area contributed by atoms with E-state index in [1.807, 2.05) is 13.0 Å². The molecule has 4 atom stereocenters. The van der Waals surface area contributed by atoms with Gasteiger partial charge in [-0.15, -0.1) is 16.4 Å². The molecule has 3 aromatic heterocycles. The van der Waals surface area contributed by atoms with Gasteiger partial charge >= 0.3 is 12.0 Å². The van der Waals surface area contributed by atoms with Crippen molar-refractivity contribution in [2.75, 3.05) is 37.3 Å². The van der Waals surface area contributed by atoms with Gasteiger partial charge in [0.2, 0.25) is 5.28 Å². The molecule has 3 aliphatic rings. The molecule has 0 spiro atoms. The predicted molar refractivity (Wildman–Crippen MR) is 188 cm³/mol. The molecule has 6 heterocycles. The third-order valence-corrected chi connectivity index (χ3v) is 11.9. The molecule has 0 radical (unpaired) electrons. The number of phenolic OH excluding ortho intramolecular Hbond substituents is 1. The van der Waals surface area contributed by atoms with E-state index in [4.69, 9.17) is 22.1 Å². The summed E-state index contributed by atoms with van der Waals surface area (Å²) >= 11 is 6.71. The maximum atomic E-state index is 17.2. The number of alkyl halides is 1. The number of carbonyl (C=O) groups excluding carboxylic acids is 1. The number of aromatic nitrogens is 5. The normalized spacial score (nSPS) is 23.1.